The molecule has 2 amide bonds. The van der Waals surface area contributed by atoms with Crippen molar-refractivity contribution in [3.8, 4) is 16.9 Å². The number of fused-ring (bicyclic) bond motifs is 1. The number of likely N-dealkylation sites (tertiary alicyclic amines) is 1. The first-order chi connectivity index (χ1) is 19.5. The van der Waals surface area contributed by atoms with Crippen molar-refractivity contribution in [2.45, 2.75) is 18.9 Å². The summed E-state index contributed by atoms with van der Waals surface area (Å²) in [6.07, 6.45) is 3.68. The van der Waals surface area contributed by atoms with E-state index in [1.54, 1.807) is 22.7 Å². The molecule has 0 spiro atoms. The second kappa shape index (κ2) is 10.9. The molecule has 11 heteroatoms. The first kappa shape index (κ1) is 25.8. The molecule has 2 N–H and O–H groups in total. The molecule has 1 aliphatic heterocycles. The van der Waals surface area contributed by atoms with Crippen molar-refractivity contribution in [3.63, 3.8) is 0 Å². The molecule has 4 heterocycles. The second-order valence-electron chi connectivity index (χ2n) is 10.1. The lowest BCUT2D eigenvalue weighted by atomic mass is 10.0. The number of urea groups is 1. The second-order valence-corrected chi connectivity index (χ2v) is 10.1. The van der Waals surface area contributed by atoms with Gasteiger partial charge in [0.1, 0.15) is 17.0 Å². The van der Waals surface area contributed by atoms with Crippen LogP contribution >= 0.6 is 0 Å². The number of aryl methyl sites for hydroxylation is 1. The topological polar surface area (TPSA) is 115 Å². The number of carbonyl (C=O) groups excluding carboxylic acids is 1. The number of hydrogen-bond donors (Lipinski definition) is 2. The van der Waals surface area contributed by atoms with Gasteiger partial charge in [0.25, 0.3) is 0 Å². The summed E-state index contributed by atoms with van der Waals surface area (Å²) in [7, 11) is 3.56. The molecule has 2 atom stereocenters. The van der Waals surface area contributed by atoms with Crippen LogP contribution in [0, 0.1) is 6.92 Å². The van der Waals surface area contributed by atoms with Gasteiger partial charge in [-0.15, -0.1) is 0 Å². The van der Waals surface area contributed by atoms with E-state index in [1.807, 2.05) is 74.8 Å². The van der Waals surface area contributed by atoms with Crippen LogP contribution in [0.4, 0.5) is 10.6 Å². The van der Waals surface area contributed by atoms with Gasteiger partial charge in [0.15, 0.2) is 5.58 Å². The number of amides is 2. The number of ether oxygens (including phenoxy) is 1. The minimum absolute atomic E-state index is 0.110. The van der Waals surface area contributed by atoms with E-state index in [4.69, 9.17) is 19.2 Å². The summed E-state index contributed by atoms with van der Waals surface area (Å²) in [5, 5.41) is 15.4. The Balaban J connectivity index is 1.28. The van der Waals surface area contributed by atoms with Crippen LogP contribution in [0.2, 0.25) is 0 Å². The largest absolute Gasteiger partial charge is 0.440 e. The van der Waals surface area contributed by atoms with Gasteiger partial charge in [-0.3, -0.25) is 14.9 Å². The number of oxazole rings is 1. The Bertz CT molecular complexity index is 1590. The van der Waals surface area contributed by atoms with Crippen LogP contribution in [0.25, 0.3) is 28.0 Å². The van der Waals surface area contributed by atoms with Crippen molar-refractivity contribution in [1.29, 1.82) is 0 Å². The van der Waals surface area contributed by atoms with Gasteiger partial charge < -0.3 is 14.5 Å². The first-order valence-electron chi connectivity index (χ1n) is 13.3. The van der Waals surface area contributed by atoms with Crippen LogP contribution in [0.3, 0.4) is 0 Å². The predicted molar refractivity (Wildman–Crippen MR) is 152 cm³/mol. The summed E-state index contributed by atoms with van der Waals surface area (Å²) in [5.74, 6) is 1.10. The number of benzene rings is 2. The zero-order valence-corrected chi connectivity index (χ0v) is 22.7. The molecule has 5 aromatic rings. The van der Waals surface area contributed by atoms with Gasteiger partial charge in [0.2, 0.25) is 5.89 Å². The monoisotopic (exact) mass is 540 g/mol. The fourth-order valence-electron chi connectivity index (χ4n) is 5.26. The maximum Gasteiger partial charge on any atom is 0.320 e. The van der Waals surface area contributed by atoms with E-state index < -0.39 is 0 Å². The van der Waals surface area contributed by atoms with Gasteiger partial charge in [-0.05, 0) is 31.2 Å². The van der Waals surface area contributed by atoms with Gasteiger partial charge in [-0.2, -0.15) is 10.2 Å². The first-order valence-corrected chi connectivity index (χ1v) is 13.3. The number of anilines is 1. The molecule has 1 saturated heterocycles. The highest BCUT2D eigenvalue weighted by atomic mass is 16.5. The Hall–Kier alpha value is -4.48. The van der Waals surface area contributed by atoms with E-state index in [9.17, 15) is 4.79 Å². The Morgan fingerprint density at radius 3 is 2.67 bits per heavy atom. The molecule has 0 unspecified atom stereocenters. The van der Waals surface area contributed by atoms with Crippen molar-refractivity contribution >= 4 is 22.9 Å². The third kappa shape index (κ3) is 5.08. The van der Waals surface area contributed by atoms with Crippen LogP contribution < -0.4 is 10.6 Å². The Morgan fingerprint density at radius 2 is 1.93 bits per heavy atom. The standard InChI is InChI=1S/C29H32N8O3/c1-19-26(20-15-30-35(2)16-20)34-37(21-9-5-4-6-10-21)27(19)33-29(38)32-24-18-36(13-14-39-3)17-22(24)28-31-23-11-7-8-12-25(23)40-28/h4-12,15-16,22,24H,13-14,17-18H2,1-3H3,(H2,32,33,38)/t22-,24-/m1/s1. The van der Waals surface area contributed by atoms with Gasteiger partial charge >= 0.3 is 6.03 Å². The van der Waals surface area contributed by atoms with Crippen LogP contribution in [0.5, 0.6) is 0 Å². The molecule has 1 aliphatic rings. The third-order valence-corrected chi connectivity index (χ3v) is 7.28. The molecule has 40 heavy (non-hydrogen) atoms. The smallest absolute Gasteiger partial charge is 0.320 e. The molecule has 0 radical (unpaired) electrons. The number of para-hydroxylation sites is 3. The number of hydrogen-bond acceptors (Lipinski definition) is 7. The van der Waals surface area contributed by atoms with Gasteiger partial charge in [-0.1, -0.05) is 30.3 Å². The number of methoxy groups -OCH3 is 1. The van der Waals surface area contributed by atoms with Gasteiger partial charge in [0.05, 0.1) is 30.5 Å². The zero-order chi connectivity index (χ0) is 27.6. The molecule has 11 nitrogen and oxygen atoms in total. The highest BCUT2D eigenvalue weighted by Crippen LogP contribution is 2.32. The Kier molecular flexibility index (Phi) is 7.06. The van der Waals surface area contributed by atoms with Crippen molar-refractivity contribution in [2.24, 2.45) is 7.05 Å². The van der Waals surface area contributed by atoms with Crippen LogP contribution in [0.1, 0.15) is 17.4 Å². The number of aromatic nitrogens is 5. The number of nitrogens with one attached hydrogen (secondary N) is 2. The maximum atomic E-state index is 13.5. The highest BCUT2D eigenvalue weighted by molar-refractivity contribution is 5.91. The Morgan fingerprint density at radius 1 is 1.12 bits per heavy atom. The predicted octanol–water partition coefficient (Wildman–Crippen LogP) is 3.96. The lowest BCUT2D eigenvalue weighted by Crippen LogP contribution is -2.42. The summed E-state index contributed by atoms with van der Waals surface area (Å²) in [6.45, 7) is 4.66. The molecular weight excluding hydrogens is 508 g/mol. The van der Waals surface area contributed by atoms with Crippen molar-refractivity contribution < 1.29 is 13.9 Å². The summed E-state index contributed by atoms with van der Waals surface area (Å²) >= 11 is 0. The molecule has 1 fully saturated rings. The molecular formula is C29H32N8O3. The minimum atomic E-state index is -0.322. The quantitative estimate of drug-likeness (QED) is 0.306. The number of rotatable bonds is 8. The van der Waals surface area contributed by atoms with Crippen LogP contribution in [0.15, 0.2) is 71.4 Å². The van der Waals surface area contributed by atoms with E-state index in [1.165, 1.54) is 0 Å². The van der Waals surface area contributed by atoms with Crippen LogP contribution in [-0.4, -0.2) is 74.9 Å². The average molecular weight is 541 g/mol. The molecule has 0 aliphatic carbocycles. The van der Waals surface area contributed by atoms with E-state index in [0.717, 1.165) is 40.2 Å². The average Bonchev–Trinajstić information content (AvgIpc) is 3.74. The molecule has 3 aromatic heterocycles. The lowest BCUT2D eigenvalue weighted by molar-refractivity contribution is 0.159. The Labute approximate surface area is 231 Å². The van der Waals surface area contributed by atoms with Crippen molar-refractivity contribution in [3.05, 3.63) is 78.4 Å². The third-order valence-electron chi connectivity index (χ3n) is 7.28. The van der Waals surface area contributed by atoms with Crippen molar-refractivity contribution in [1.82, 2.24) is 34.8 Å². The van der Waals surface area contributed by atoms with Gasteiger partial charge in [0, 0.05) is 51.1 Å². The minimum Gasteiger partial charge on any atom is -0.440 e. The van der Waals surface area contributed by atoms with Gasteiger partial charge in [-0.25, -0.2) is 14.5 Å². The van der Waals surface area contributed by atoms with E-state index >= 15 is 0 Å². The lowest BCUT2D eigenvalue weighted by Gasteiger charge is -2.19. The summed E-state index contributed by atoms with van der Waals surface area (Å²) in [5.41, 5.74) is 4.85. The molecule has 0 saturated carbocycles. The fourth-order valence-corrected chi connectivity index (χ4v) is 5.26. The summed E-state index contributed by atoms with van der Waals surface area (Å²) < 4.78 is 14.9. The number of carbonyl (C=O) groups is 1. The molecule has 0 bridgehead atoms. The zero-order valence-electron chi connectivity index (χ0n) is 22.7. The van der Waals surface area contributed by atoms with Crippen LogP contribution in [-0.2, 0) is 11.8 Å². The molecule has 6 rings (SSSR count). The van der Waals surface area contributed by atoms with E-state index in [-0.39, 0.29) is 18.0 Å². The highest BCUT2D eigenvalue weighted by Gasteiger charge is 2.38. The number of nitrogens with zero attached hydrogens (tertiary/aromatic N) is 6. The van der Waals surface area contributed by atoms with E-state index in [2.05, 4.69) is 20.6 Å². The molecule has 206 valence electrons. The fraction of sp³-hybridized carbons (Fsp3) is 0.310. The normalized spacial score (nSPS) is 17.5. The maximum absolute atomic E-state index is 13.5. The SMILES string of the molecule is COCCN1C[C@@H](NC(=O)Nc2c(C)c(-c3cnn(C)c3)nn2-c2ccccc2)[C@H](c2nc3ccccc3o2)C1. The summed E-state index contributed by atoms with van der Waals surface area (Å²) in [6, 6.07) is 16.9. The molecule has 2 aromatic carbocycles. The van der Waals surface area contributed by atoms with Crippen molar-refractivity contribution in [2.75, 3.05) is 38.7 Å². The summed E-state index contributed by atoms with van der Waals surface area (Å²) in [4.78, 5) is 20.5. The van der Waals surface area contributed by atoms with E-state index in [0.29, 0.717) is 31.4 Å².